The van der Waals surface area contributed by atoms with Gasteiger partial charge in [-0.15, -0.1) is 0 Å². The van der Waals surface area contributed by atoms with Crippen molar-refractivity contribution in [2.75, 3.05) is 38.1 Å². The molecule has 28 heavy (non-hydrogen) atoms. The van der Waals surface area contributed by atoms with Crippen LogP contribution in [-0.2, 0) is 4.79 Å². The van der Waals surface area contributed by atoms with E-state index < -0.39 is 12.2 Å². The zero-order valence-corrected chi connectivity index (χ0v) is 15.9. The predicted molar refractivity (Wildman–Crippen MR) is 103 cm³/mol. The Labute approximate surface area is 163 Å². The molecule has 4 rings (SSSR count). The molecule has 4 heterocycles. The van der Waals surface area contributed by atoms with Gasteiger partial charge in [0.25, 0.3) is 0 Å². The third-order valence-corrected chi connectivity index (χ3v) is 5.90. The first kappa shape index (κ1) is 18.7. The number of rotatable bonds is 4. The minimum Gasteiger partial charge on any atom is -0.462 e. The number of furan rings is 1. The van der Waals surface area contributed by atoms with E-state index in [2.05, 4.69) is 14.8 Å². The van der Waals surface area contributed by atoms with E-state index in [4.69, 9.17) is 9.68 Å². The normalized spacial score (nSPS) is 23.8. The van der Waals surface area contributed by atoms with Crippen LogP contribution in [0.15, 0.2) is 29.1 Å². The molecule has 1 amide bonds. The maximum atomic E-state index is 13.6. The largest absolute Gasteiger partial charge is 0.462 e. The molecule has 2 fully saturated rings. The van der Waals surface area contributed by atoms with Gasteiger partial charge in [0.1, 0.15) is 12.2 Å². The SMILES string of the molecule is CN(c1cncc2ccoc12)C1CCN(CC(=O)N2C[C@@H](F)C[C@H]2C#N)CC1. The van der Waals surface area contributed by atoms with Crippen molar-refractivity contribution in [3.8, 4) is 6.07 Å². The number of amides is 1. The van der Waals surface area contributed by atoms with E-state index in [1.54, 1.807) is 12.5 Å². The number of likely N-dealkylation sites (tertiary alicyclic amines) is 2. The van der Waals surface area contributed by atoms with Crippen molar-refractivity contribution >= 4 is 22.6 Å². The van der Waals surface area contributed by atoms with Crippen LogP contribution in [0.2, 0.25) is 0 Å². The van der Waals surface area contributed by atoms with Gasteiger partial charge in [0.2, 0.25) is 5.91 Å². The Morgan fingerprint density at radius 1 is 1.43 bits per heavy atom. The van der Waals surface area contributed by atoms with Crippen LogP contribution in [0.1, 0.15) is 19.3 Å². The van der Waals surface area contributed by atoms with Crippen molar-refractivity contribution in [2.24, 2.45) is 0 Å². The number of fused-ring (bicyclic) bond motifs is 1. The molecule has 0 N–H and O–H groups in total. The van der Waals surface area contributed by atoms with Crippen LogP contribution in [0.4, 0.5) is 10.1 Å². The lowest BCUT2D eigenvalue weighted by molar-refractivity contribution is -0.132. The van der Waals surface area contributed by atoms with E-state index in [1.165, 1.54) is 4.90 Å². The molecule has 2 aromatic heterocycles. The van der Waals surface area contributed by atoms with E-state index in [1.807, 2.05) is 25.4 Å². The van der Waals surface area contributed by atoms with E-state index in [0.717, 1.165) is 42.6 Å². The molecule has 2 aliphatic rings. The van der Waals surface area contributed by atoms with Crippen LogP contribution >= 0.6 is 0 Å². The van der Waals surface area contributed by atoms with Gasteiger partial charge in [0.15, 0.2) is 5.58 Å². The molecule has 0 radical (unpaired) electrons. The van der Waals surface area contributed by atoms with E-state index in [-0.39, 0.29) is 25.4 Å². The summed E-state index contributed by atoms with van der Waals surface area (Å²) in [5.41, 5.74) is 1.81. The Kier molecular flexibility index (Phi) is 5.18. The lowest BCUT2D eigenvalue weighted by atomic mass is 10.0. The minimum atomic E-state index is -1.09. The number of carbonyl (C=O) groups excluding carboxylic acids is 1. The van der Waals surface area contributed by atoms with Gasteiger partial charge in [0, 0.05) is 44.2 Å². The van der Waals surface area contributed by atoms with E-state index in [9.17, 15) is 9.18 Å². The van der Waals surface area contributed by atoms with Crippen LogP contribution in [0, 0.1) is 11.3 Å². The molecule has 0 aliphatic carbocycles. The second-order valence-corrected chi connectivity index (χ2v) is 7.64. The number of nitrogens with zero attached hydrogens (tertiary/aromatic N) is 5. The molecule has 8 heteroatoms. The summed E-state index contributed by atoms with van der Waals surface area (Å²) in [5, 5.41) is 10.1. The highest BCUT2D eigenvalue weighted by Gasteiger charge is 2.36. The highest BCUT2D eigenvalue weighted by atomic mass is 19.1. The molecule has 7 nitrogen and oxygen atoms in total. The summed E-state index contributed by atoms with van der Waals surface area (Å²) in [7, 11) is 2.05. The van der Waals surface area contributed by atoms with Crippen LogP contribution in [0.3, 0.4) is 0 Å². The highest BCUT2D eigenvalue weighted by Crippen LogP contribution is 2.29. The molecule has 2 aliphatic heterocycles. The zero-order valence-electron chi connectivity index (χ0n) is 15.9. The van der Waals surface area contributed by atoms with Crippen molar-refractivity contribution in [2.45, 2.75) is 37.5 Å². The maximum absolute atomic E-state index is 13.6. The van der Waals surface area contributed by atoms with Gasteiger partial charge in [-0.3, -0.25) is 14.7 Å². The summed E-state index contributed by atoms with van der Waals surface area (Å²) in [5.74, 6) is -0.150. The van der Waals surface area contributed by atoms with Gasteiger partial charge in [-0.05, 0) is 18.9 Å². The van der Waals surface area contributed by atoms with Crippen molar-refractivity contribution in [3.05, 3.63) is 24.7 Å². The lowest BCUT2D eigenvalue weighted by Crippen LogP contribution is -2.48. The van der Waals surface area contributed by atoms with Crippen molar-refractivity contribution in [1.29, 1.82) is 5.26 Å². The number of alkyl halides is 1. The molecule has 2 aromatic rings. The van der Waals surface area contributed by atoms with Gasteiger partial charge in [-0.1, -0.05) is 0 Å². The number of carbonyl (C=O) groups is 1. The van der Waals surface area contributed by atoms with Crippen LogP contribution < -0.4 is 4.90 Å². The van der Waals surface area contributed by atoms with Gasteiger partial charge in [0.05, 0.1) is 37.3 Å². The molecule has 2 atom stereocenters. The first-order chi connectivity index (χ1) is 13.6. The van der Waals surface area contributed by atoms with Crippen molar-refractivity contribution in [3.63, 3.8) is 0 Å². The van der Waals surface area contributed by atoms with E-state index in [0.29, 0.717) is 6.04 Å². The Balaban J connectivity index is 1.34. The fourth-order valence-electron chi connectivity index (χ4n) is 4.25. The first-order valence-corrected chi connectivity index (χ1v) is 9.66. The Morgan fingerprint density at radius 3 is 2.96 bits per heavy atom. The number of piperidine rings is 1. The summed E-state index contributed by atoms with van der Waals surface area (Å²) in [6.07, 6.45) is 6.14. The number of nitriles is 1. The standard InChI is InChI=1S/C20H24FN5O2/c1-24(18-11-23-10-14-4-7-28-20(14)18)16-2-5-25(6-3-16)13-19(27)26-12-15(21)8-17(26)9-22/h4,7,10-11,15-17H,2-3,5-6,8,12-13H2,1H3/t15-,17-/m0/s1. The number of halogens is 1. The average molecular weight is 385 g/mol. The minimum absolute atomic E-state index is 0.0381. The average Bonchev–Trinajstić information content (AvgIpc) is 3.34. The van der Waals surface area contributed by atoms with Gasteiger partial charge in [-0.25, -0.2) is 4.39 Å². The number of pyridine rings is 1. The number of aromatic nitrogens is 1. The number of hydrogen-bond donors (Lipinski definition) is 0. The molecule has 0 bridgehead atoms. The number of hydrogen-bond acceptors (Lipinski definition) is 6. The molecule has 0 spiro atoms. The van der Waals surface area contributed by atoms with Gasteiger partial charge in [-0.2, -0.15) is 5.26 Å². The second kappa shape index (κ2) is 7.76. The zero-order chi connectivity index (χ0) is 19.7. The molecule has 0 saturated carbocycles. The summed E-state index contributed by atoms with van der Waals surface area (Å²) in [6.45, 7) is 1.85. The summed E-state index contributed by atoms with van der Waals surface area (Å²) in [4.78, 5) is 22.5. The Morgan fingerprint density at radius 2 is 2.21 bits per heavy atom. The predicted octanol–water partition coefficient (Wildman–Crippen LogP) is 2.19. The lowest BCUT2D eigenvalue weighted by Gasteiger charge is -2.37. The van der Waals surface area contributed by atoms with Crippen molar-refractivity contribution in [1.82, 2.24) is 14.8 Å². The highest BCUT2D eigenvalue weighted by molar-refractivity contribution is 5.88. The molecular weight excluding hydrogens is 361 g/mol. The van der Waals surface area contributed by atoms with Crippen LogP contribution in [0.25, 0.3) is 11.0 Å². The third kappa shape index (κ3) is 3.54. The Hall–Kier alpha value is -2.66. The molecular formula is C20H24FN5O2. The summed E-state index contributed by atoms with van der Waals surface area (Å²) in [6, 6.07) is 3.64. The number of anilines is 1. The monoisotopic (exact) mass is 385 g/mol. The molecule has 148 valence electrons. The second-order valence-electron chi connectivity index (χ2n) is 7.64. The van der Waals surface area contributed by atoms with Crippen molar-refractivity contribution < 1.29 is 13.6 Å². The topological polar surface area (TPSA) is 76.6 Å². The Bertz CT molecular complexity index is 886. The maximum Gasteiger partial charge on any atom is 0.237 e. The fourth-order valence-corrected chi connectivity index (χ4v) is 4.25. The fraction of sp³-hybridized carbons (Fsp3) is 0.550. The van der Waals surface area contributed by atoms with E-state index >= 15 is 0 Å². The molecule has 0 unspecified atom stereocenters. The summed E-state index contributed by atoms with van der Waals surface area (Å²) < 4.78 is 19.2. The van der Waals surface area contributed by atoms with Gasteiger partial charge >= 0.3 is 0 Å². The molecule has 0 aromatic carbocycles. The first-order valence-electron chi connectivity index (χ1n) is 9.66. The quantitative estimate of drug-likeness (QED) is 0.803. The van der Waals surface area contributed by atoms with Crippen LogP contribution in [0.5, 0.6) is 0 Å². The third-order valence-electron chi connectivity index (χ3n) is 5.90. The smallest absolute Gasteiger partial charge is 0.237 e. The van der Waals surface area contributed by atoms with Gasteiger partial charge < -0.3 is 14.2 Å². The van der Waals surface area contributed by atoms with Crippen LogP contribution in [-0.4, -0.2) is 72.2 Å². The summed E-state index contributed by atoms with van der Waals surface area (Å²) >= 11 is 0. The molecule has 2 saturated heterocycles.